The summed E-state index contributed by atoms with van der Waals surface area (Å²) in [7, 11) is 1.63. The molecule has 3 rings (SSSR count). The minimum Gasteiger partial charge on any atom is -0.497 e. The fourth-order valence-corrected chi connectivity index (χ4v) is 2.21. The van der Waals surface area contributed by atoms with E-state index in [1.807, 2.05) is 49.4 Å². The van der Waals surface area contributed by atoms with Gasteiger partial charge in [0.1, 0.15) is 5.75 Å². The Labute approximate surface area is 122 Å². The van der Waals surface area contributed by atoms with Crippen molar-refractivity contribution in [1.29, 1.82) is 0 Å². The molecular formula is C15H15N5O. The van der Waals surface area contributed by atoms with Crippen LogP contribution in [0.2, 0.25) is 0 Å². The molecule has 0 spiro atoms. The molecule has 1 aromatic heterocycles. The van der Waals surface area contributed by atoms with Crippen molar-refractivity contribution >= 4 is 5.69 Å². The number of anilines is 1. The van der Waals surface area contributed by atoms with Crippen LogP contribution >= 0.6 is 0 Å². The summed E-state index contributed by atoms with van der Waals surface area (Å²) >= 11 is 0. The first-order valence-electron chi connectivity index (χ1n) is 6.48. The van der Waals surface area contributed by atoms with Gasteiger partial charge in [-0.2, -0.15) is 4.68 Å². The van der Waals surface area contributed by atoms with E-state index in [1.165, 1.54) is 0 Å². The van der Waals surface area contributed by atoms with Gasteiger partial charge in [-0.3, -0.25) is 0 Å². The highest BCUT2D eigenvalue weighted by Gasteiger charge is 2.13. The zero-order chi connectivity index (χ0) is 14.8. The third kappa shape index (κ3) is 2.43. The van der Waals surface area contributed by atoms with Gasteiger partial charge >= 0.3 is 0 Å². The lowest BCUT2D eigenvalue weighted by Gasteiger charge is -2.08. The molecule has 0 fully saturated rings. The first-order valence-corrected chi connectivity index (χ1v) is 6.48. The van der Waals surface area contributed by atoms with Gasteiger partial charge in [0, 0.05) is 17.3 Å². The van der Waals surface area contributed by atoms with E-state index in [2.05, 4.69) is 15.5 Å². The van der Waals surface area contributed by atoms with E-state index in [9.17, 15) is 0 Å². The van der Waals surface area contributed by atoms with Gasteiger partial charge in [0.2, 0.25) is 0 Å². The Hall–Kier alpha value is -2.89. The Morgan fingerprint density at radius 3 is 2.76 bits per heavy atom. The molecule has 0 amide bonds. The van der Waals surface area contributed by atoms with E-state index in [0.29, 0.717) is 5.82 Å². The molecule has 2 aromatic carbocycles. The average Bonchev–Trinajstić information content (AvgIpc) is 2.96. The van der Waals surface area contributed by atoms with Gasteiger partial charge in [-0.15, -0.1) is 5.10 Å². The molecule has 6 nitrogen and oxygen atoms in total. The van der Waals surface area contributed by atoms with Crippen molar-refractivity contribution < 1.29 is 4.74 Å². The van der Waals surface area contributed by atoms with Crippen LogP contribution in [0.15, 0.2) is 42.5 Å². The van der Waals surface area contributed by atoms with Gasteiger partial charge in [0.05, 0.1) is 12.8 Å². The lowest BCUT2D eigenvalue weighted by molar-refractivity contribution is 0.414. The molecule has 1 heterocycles. The number of rotatable bonds is 3. The van der Waals surface area contributed by atoms with Crippen LogP contribution in [0.4, 0.5) is 5.69 Å². The number of ether oxygens (including phenoxy) is 1. The lowest BCUT2D eigenvalue weighted by Crippen LogP contribution is -2.01. The molecule has 0 unspecified atom stereocenters. The predicted octanol–water partition coefficient (Wildman–Crippen LogP) is 2.23. The quantitative estimate of drug-likeness (QED) is 0.745. The number of nitrogens with zero attached hydrogens (tertiary/aromatic N) is 4. The van der Waals surface area contributed by atoms with Gasteiger partial charge in [0.25, 0.3) is 0 Å². The number of nitrogen functional groups attached to an aromatic ring is 1. The molecule has 0 atom stereocenters. The molecule has 21 heavy (non-hydrogen) atoms. The van der Waals surface area contributed by atoms with Crippen molar-refractivity contribution in [3.63, 3.8) is 0 Å². The Kier molecular flexibility index (Phi) is 3.27. The molecule has 0 saturated heterocycles. The largest absolute Gasteiger partial charge is 0.497 e. The molecule has 3 aromatic rings. The SMILES string of the molecule is COc1cccc(-n2nnnc2-c2ccc(N)cc2C)c1. The molecule has 0 radical (unpaired) electrons. The van der Waals surface area contributed by atoms with Gasteiger partial charge < -0.3 is 10.5 Å². The van der Waals surface area contributed by atoms with Gasteiger partial charge in [-0.25, -0.2) is 0 Å². The molecular weight excluding hydrogens is 266 g/mol. The van der Waals surface area contributed by atoms with Crippen molar-refractivity contribution in [2.24, 2.45) is 0 Å². The van der Waals surface area contributed by atoms with Gasteiger partial charge in [0.15, 0.2) is 5.82 Å². The van der Waals surface area contributed by atoms with E-state index < -0.39 is 0 Å². The van der Waals surface area contributed by atoms with Crippen LogP contribution in [0, 0.1) is 6.92 Å². The highest BCUT2D eigenvalue weighted by atomic mass is 16.5. The van der Waals surface area contributed by atoms with Crippen molar-refractivity contribution in [2.45, 2.75) is 6.92 Å². The normalized spacial score (nSPS) is 10.6. The number of tetrazole rings is 1. The summed E-state index contributed by atoms with van der Waals surface area (Å²) in [6.45, 7) is 1.98. The summed E-state index contributed by atoms with van der Waals surface area (Å²) in [5.74, 6) is 1.42. The third-order valence-electron chi connectivity index (χ3n) is 3.26. The highest BCUT2D eigenvalue weighted by Crippen LogP contribution is 2.25. The van der Waals surface area contributed by atoms with Crippen molar-refractivity contribution in [3.8, 4) is 22.8 Å². The van der Waals surface area contributed by atoms with Gasteiger partial charge in [-0.1, -0.05) is 6.07 Å². The zero-order valence-corrected chi connectivity index (χ0v) is 11.8. The summed E-state index contributed by atoms with van der Waals surface area (Å²) in [4.78, 5) is 0. The fraction of sp³-hybridized carbons (Fsp3) is 0.133. The Morgan fingerprint density at radius 2 is 2.00 bits per heavy atom. The number of benzene rings is 2. The predicted molar refractivity (Wildman–Crippen MR) is 80.3 cm³/mol. The summed E-state index contributed by atoms with van der Waals surface area (Å²) in [6.07, 6.45) is 0. The number of hydrogen-bond donors (Lipinski definition) is 1. The van der Waals surface area contributed by atoms with E-state index in [-0.39, 0.29) is 0 Å². The average molecular weight is 281 g/mol. The molecule has 0 aliphatic carbocycles. The van der Waals surface area contributed by atoms with Crippen molar-refractivity contribution in [1.82, 2.24) is 20.2 Å². The molecule has 2 N–H and O–H groups in total. The number of aromatic nitrogens is 4. The topological polar surface area (TPSA) is 78.8 Å². The van der Waals surface area contributed by atoms with Crippen LogP contribution in [-0.2, 0) is 0 Å². The fourth-order valence-electron chi connectivity index (χ4n) is 2.21. The molecule has 0 saturated carbocycles. The first-order chi connectivity index (χ1) is 10.2. The summed E-state index contributed by atoms with van der Waals surface area (Å²) in [5, 5.41) is 12.0. The summed E-state index contributed by atoms with van der Waals surface area (Å²) in [5.41, 5.74) is 9.31. The molecule has 106 valence electrons. The smallest absolute Gasteiger partial charge is 0.187 e. The number of nitrogens with two attached hydrogens (primary N) is 1. The minimum absolute atomic E-state index is 0.667. The molecule has 0 bridgehead atoms. The number of methoxy groups -OCH3 is 1. The van der Waals surface area contributed by atoms with Crippen LogP contribution in [-0.4, -0.2) is 27.3 Å². The Bertz CT molecular complexity index is 781. The summed E-state index contributed by atoms with van der Waals surface area (Å²) in [6, 6.07) is 13.2. The Balaban J connectivity index is 2.12. The highest BCUT2D eigenvalue weighted by molar-refractivity contribution is 5.65. The Morgan fingerprint density at radius 1 is 1.14 bits per heavy atom. The molecule has 0 aliphatic heterocycles. The van der Waals surface area contributed by atoms with E-state index >= 15 is 0 Å². The second kappa shape index (κ2) is 5.24. The monoisotopic (exact) mass is 281 g/mol. The second-order valence-corrected chi connectivity index (χ2v) is 4.69. The van der Waals surface area contributed by atoms with E-state index in [1.54, 1.807) is 11.8 Å². The number of hydrogen-bond acceptors (Lipinski definition) is 5. The van der Waals surface area contributed by atoms with Crippen LogP contribution in [0.3, 0.4) is 0 Å². The van der Waals surface area contributed by atoms with Crippen LogP contribution in [0.5, 0.6) is 5.75 Å². The van der Waals surface area contributed by atoms with Crippen LogP contribution in [0.25, 0.3) is 17.1 Å². The molecule has 6 heteroatoms. The van der Waals surface area contributed by atoms with Gasteiger partial charge in [-0.05, 0) is 53.2 Å². The number of aryl methyl sites for hydroxylation is 1. The molecule has 0 aliphatic rings. The maximum absolute atomic E-state index is 5.79. The zero-order valence-electron chi connectivity index (χ0n) is 11.8. The van der Waals surface area contributed by atoms with Crippen LogP contribution in [0.1, 0.15) is 5.56 Å². The summed E-state index contributed by atoms with van der Waals surface area (Å²) < 4.78 is 6.92. The van der Waals surface area contributed by atoms with E-state index in [4.69, 9.17) is 10.5 Å². The maximum atomic E-state index is 5.79. The standard InChI is InChI=1S/C15H15N5O/c1-10-8-11(16)6-7-14(10)15-17-18-19-20(15)12-4-3-5-13(9-12)21-2/h3-9H,16H2,1-2H3. The van der Waals surface area contributed by atoms with E-state index in [0.717, 1.165) is 28.3 Å². The first kappa shape index (κ1) is 13.1. The lowest BCUT2D eigenvalue weighted by atomic mass is 10.1. The minimum atomic E-state index is 0.667. The maximum Gasteiger partial charge on any atom is 0.187 e. The van der Waals surface area contributed by atoms with Crippen molar-refractivity contribution in [2.75, 3.05) is 12.8 Å². The van der Waals surface area contributed by atoms with Crippen molar-refractivity contribution in [3.05, 3.63) is 48.0 Å². The third-order valence-corrected chi connectivity index (χ3v) is 3.26. The van der Waals surface area contributed by atoms with Crippen LogP contribution < -0.4 is 10.5 Å². The second-order valence-electron chi connectivity index (χ2n) is 4.69.